The predicted molar refractivity (Wildman–Crippen MR) is 65.9 cm³/mol. The molecule has 1 fully saturated rings. The van der Waals surface area contributed by atoms with Crippen molar-refractivity contribution in [2.75, 3.05) is 18.0 Å². The van der Waals surface area contributed by atoms with E-state index in [9.17, 15) is 0 Å². The second kappa shape index (κ2) is 4.31. The number of aromatic nitrogens is 2. The number of halogens is 1. The Morgan fingerprint density at radius 2 is 2.27 bits per heavy atom. The topological polar surface area (TPSA) is 52.8 Å². The van der Waals surface area contributed by atoms with Crippen molar-refractivity contribution in [1.29, 1.82) is 5.26 Å². The van der Waals surface area contributed by atoms with Crippen molar-refractivity contribution in [2.24, 2.45) is 5.92 Å². The number of anilines is 1. The van der Waals surface area contributed by atoms with E-state index in [0.717, 1.165) is 18.9 Å². The van der Waals surface area contributed by atoms with Crippen LogP contribution in [0.4, 0.5) is 5.82 Å². The lowest BCUT2D eigenvalue weighted by atomic mass is 10.2. The van der Waals surface area contributed by atoms with Gasteiger partial charge in [0.2, 0.25) is 0 Å². The van der Waals surface area contributed by atoms with Crippen LogP contribution in [0, 0.1) is 17.2 Å². The molecular formula is C10H11IN4. The van der Waals surface area contributed by atoms with E-state index in [4.69, 9.17) is 5.26 Å². The zero-order valence-corrected chi connectivity index (χ0v) is 10.5. The summed E-state index contributed by atoms with van der Waals surface area (Å²) in [6.07, 6.45) is 0. The van der Waals surface area contributed by atoms with E-state index < -0.39 is 0 Å². The van der Waals surface area contributed by atoms with Gasteiger partial charge in [-0.1, -0.05) is 29.5 Å². The molecule has 0 spiro atoms. The molecule has 78 valence electrons. The maximum absolute atomic E-state index is 8.61. The Hall–Kier alpha value is -0.900. The number of rotatable bonds is 1. The third-order valence-electron chi connectivity index (χ3n) is 2.61. The summed E-state index contributed by atoms with van der Waals surface area (Å²) >= 11 is 2.47. The number of hydrogen-bond acceptors (Lipinski definition) is 4. The molecule has 0 radical (unpaired) electrons. The number of alkyl halides is 1. The highest BCUT2D eigenvalue weighted by atomic mass is 127. The molecule has 2 unspecified atom stereocenters. The Morgan fingerprint density at radius 1 is 1.47 bits per heavy atom. The number of hydrogen-bond donors (Lipinski definition) is 0. The Morgan fingerprint density at radius 3 is 2.73 bits per heavy atom. The van der Waals surface area contributed by atoms with Crippen molar-refractivity contribution in [1.82, 2.24) is 10.2 Å². The van der Waals surface area contributed by atoms with Crippen molar-refractivity contribution < 1.29 is 0 Å². The zero-order valence-electron chi connectivity index (χ0n) is 8.39. The molecule has 0 bridgehead atoms. The molecule has 1 aromatic heterocycles. The van der Waals surface area contributed by atoms with Gasteiger partial charge in [-0.05, 0) is 18.1 Å². The predicted octanol–water partition coefficient (Wildman–Crippen LogP) is 1.61. The largest absolute Gasteiger partial charge is 0.354 e. The van der Waals surface area contributed by atoms with Crippen molar-refractivity contribution in [3.8, 4) is 6.07 Å². The fraction of sp³-hybridized carbons (Fsp3) is 0.500. The van der Waals surface area contributed by atoms with Gasteiger partial charge < -0.3 is 4.90 Å². The standard InChI is InChI=1S/C10H11IN4/c1-7-5-15(6-9(7)11)10-3-2-8(4-12)13-14-10/h2-3,7,9H,5-6H2,1H3. The van der Waals surface area contributed by atoms with Crippen LogP contribution in [0.1, 0.15) is 12.6 Å². The summed E-state index contributed by atoms with van der Waals surface area (Å²) in [7, 11) is 0. The van der Waals surface area contributed by atoms with E-state index in [1.54, 1.807) is 6.07 Å². The molecule has 5 heteroatoms. The first kappa shape index (κ1) is 10.6. The molecule has 1 aliphatic heterocycles. The Kier molecular flexibility index (Phi) is 3.05. The first-order valence-electron chi connectivity index (χ1n) is 4.83. The first-order chi connectivity index (χ1) is 7.20. The molecule has 2 rings (SSSR count). The van der Waals surface area contributed by atoms with E-state index in [1.165, 1.54) is 0 Å². The molecule has 1 aliphatic rings. The monoisotopic (exact) mass is 314 g/mol. The molecule has 0 saturated carbocycles. The minimum absolute atomic E-state index is 0.372. The molecule has 0 amide bonds. The summed E-state index contributed by atoms with van der Waals surface area (Å²) in [5.41, 5.74) is 0.372. The Labute approximate surface area is 102 Å². The number of nitrogens with zero attached hydrogens (tertiary/aromatic N) is 4. The van der Waals surface area contributed by atoms with Crippen LogP contribution in [-0.4, -0.2) is 27.2 Å². The first-order valence-corrected chi connectivity index (χ1v) is 6.08. The van der Waals surface area contributed by atoms with Crippen molar-refractivity contribution in [3.63, 3.8) is 0 Å². The third kappa shape index (κ3) is 2.20. The summed E-state index contributed by atoms with van der Waals surface area (Å²) in [4.78, 5) is 2.22. The van der Waals surface area contributed by atoms with Crippen LogP contribution < -0.4 is 4.90 Å². The summed E-state index contributed by atoms with van der Waals surface area (Å²) in [6, 6.07) is 5.55. The van der Waals surface area contributed by atoms with Crippen LogP contribution in [0.25, 0.3) is 0 Å². The molecule has 0 aromatic carbocycles. The maximum atomic E-state index is 8.61. The van der Waals surface area contributed by atoms with E-state index >= 15 is 0 Å². The van der Waals surface area contributed by atoms with Gasteiger partial charge in [0.05, 0.1) is 0 Å². The maximum Gasteiger partial charge on any atom is 0.163 e. The van der Waals surface area contributed by atoms with E-state index in [0.29, 0.717) is 15.5 Å². The highest BCUT2D eigenvalue weighted by Crippen LogP contribution is 2.26. The Balaban J connectivity index is 2.14. The summed E-state index contributed by atoms with van der Waals surface area (Å²) < 4.78 is 0.667. The summed E-state index contributed by atoms with van der Waals surface area (Å²) in [5.74, 6) is 1.56. The summed E-state index contributed by atoms with van der Waals surface area (Å²) in [6.45, 7) is 4.28. The fourth-order valence-electron chi connectivity index (χ4n) is 1.67. The molecule has 15 heavy (non-hydrogen) atoms. The third-order valence-corrected chi connectivity index (χ3v) is 4.23. The second-order valence-corrected chi connectivity index (χ2v) is 5.39. The van der Waals surface area contributed by atoms with Crippen molar-refractivity contribution in [3.05, 3.63) is 17.8 Å². The minimum Gasteiger partial charge on any atom is -0.354 e. The van der Waals surface area contributed by atoms with Crippen molar-refractivity contribution >= 4 is 28.4 Å². The molecule has 2 atom stereocenters. The second-order valence-electron chi connectivity index (χ2n) is 3.79. The van der Waals surface area contributed by atoms with Crippen molar-refractivity contribution in [2.45, 2.75) is 10.8 Å². The molecule has 0 N–H and O–H groups in total. The molecule has 2 heterocycles. The molecule has 4 nitrogen and oxygen atoms in total. The van der Waals surface area contributed by atoms with Crippen LogP contribution >= 0.6 is 22.6 Å². The molecule has 0 aliphatic carbocycles. The van der Waals surface area contributed by atoms with Crippen LogP contribution in [0.3, 0.4) is 0 Å². The number of nitriles is 1. The van der Waals surface area contributed by atoms with Crippen LogP contribution in [0.5, 0.6) is 0 Å². The van der Waals surface area contributed by atoms with Gasteiger partial charge >= 0.3 is 0 Å². The quantitative estimate of drug-likeness (QED) is 0.584. The van der Waals surface area contributed by atoms with Gasteiger partial charge in [0.25, 0.3) is 0 Å². The zero-order chi connectivity index (χ0) is 10.8. The van der Waals surface area contributed by atoms with Gasteiger partial charge in [-0.25, -0.2) is 0 Å². The molecule has 1 aromatic rings. The van der Waals surface area contributed by atoms with E-state index in [1.807, 2.05) is 12.1 Å². The van der Waals surface area contributed by atoms with Gasteiger partial charge in [0.15, 0.2) is 11.5 Å². The van der Waals surface area contributed by atoms with Gasteiger partial charge in [-0.2, -0.15) is 5.26 Å². The van der Waals surface area contributed by atoms with Crippen LogP contribution in [-0.2, 0) is 0 Å². The average Bonchev–Trinajstić information content (AvgIpc) is 2.59. The lowest BCUT2D eigenvalue weighted by Gasteiger charge is -2.15. The average molecular weight is 314 g/mol. The summed E-state index contributed by atoms with van der Waals surface area (Å²) in [5, 5.41) is 16.5. The van der Waals surface area contributed by atoms with E-state index in [2.05, 4.69) is 44.6 Å². The highest BCUT2D eigenvalue weighted by molar-refractivity contribution is 14.1. The highest BCUT2D eigenvalue weighted by Gasteiger charge is 2.28. The molecule has 1 saturated heterocycles. The van der Waals surface area contributed by atoms with Gasteiger partial charge in [-0.15, -0.1) is 10.2 Å². The SMILES string of the molecule is CC1CN(c2ccc(C#N)nn2)CC1I. The van der Waals surface area contributed by atoms with Gasteiger partial charge in [0, 0.05) is 17.0 Å². The normalized spacial score (nSPS) is 25.3. The van der Waals surface area contributed by atoms with E-state index in [-0.39, 0.29) is 0 Å². The van der Waals surface area contributed by atoms with Crippen LogP contribution in [0.2, 0.25) is 0 Å². The van der Waals surface area contributed by atoms with Crippen LogP contribution in [0.15, 0.2) is 12.1 Å². The van der Waals surface area contributed by atoms with Gasteiger partial charge in [0.1, 0.15) is 6.07 Å². The lowest BCUT2D eigenvalue weighted by Crippen LogP contribution is -2.21. The lowest BCUT2D eigenvalue weighted by molar-refractivity contribution is 0.686. The fourth-order valence-corrected chi connectivity index (χ4v) is 2.37. The smallest absolute Gasteiger partial charge is 0.163 e. The molecular weight excluding hydrogens is 303 g/mol. The Bertz CT molecular complexity index is 373. The van der Waals surface area contributed by atoms with Gasteiger partial charge in [-0.3, -0.25) is 0 Å². The minimum atomic E-state index is 0.372.